The van der Waals surface area contributed by atoms with Crippen LogP contribution in [-0.2, 0) is 16.1 Å². The predicted octanol–water partition coefficient (Wildman–Crippen LogP) is 5.28. The third kappa shape index (κ3) is 4.46. The Balaban J connectivity index is 1.50. The molecule has 1 aromatic heterocycles. The molecule has 0 aliphatic carbocycles. The molecule has 1 fully saturated rings. The normalized spacial score (nSPS) is 15.0. The lowest BCUT2D eigenvalue weighted by Gasteiger charge is -2.12. The Kier molecular flexibility index (Phi) is 5.77. The number of benzene rings is 2. The van der Waals surface area contributed by atoms with E-state index in [0.717, 1.165) is 28.5 Å². The van der Waals surface area contributed by atoms with Crippen molar-refractivity contribution in [1.29, 1.82) is 0 Å². The zero-order valence-corrected chi connectivity index (χ0v) is 17.8. The van der Waals surface area contributed by atoms with Gasteiger partial charge in [0.05, 0.1) is 24.1 Å². The van der Waals surface area contributed by atoms with Gasteiger partial charge >= 0.3 is 5.97 Å². The van der Waals surface area contributed by atoms with Crippen molar-refractivity contribution in [3.8, 4) is 11.3 Å². The minimum absolute atomic E-state index is 0.236. The van der Waals surface area contributed by atoms with E-state index >= 15 is 0 Å². The van der Waals surface area contributed by atoms with Crippen molar-refractivity contribution in [3.63, 3.8) is 0 Å². The monoisotopic (exact) mass is 433 g/mol. The molecule has 1 saturated heterocycles. The number of imide groups is 1. The van der Waals surface area contributed by atoms with E-state index in [9.17, 15) is 14.4 Å². The van der Waals surface area contributed by atoms with Crippen LogP contribution in [0.25, 0.3) is 17.4 Å². The number of carbonyl (C=O) groups excluding carboxylic acids is 3. The van der Waals surface area contributed by atoms with Crippen molar-refractivity contribution in [3.05, 3.63) is 88.0 Å². The Morgan fingerprint density at radius 2 is 1.87 bits per heavy atom. The molecule has 0 spiro atoms. The van der Waals surface area contributed by atoms with E-state index in [-0.39, 0.29) is 17.7 Å². The zero-order valence-electron chi connectivity index (χ0n) is 17.0. The summed E-state index contributed by atoms with van der Waals surface area (Å²) in [6.07, 6.45) is 1.58. The molecule has 2 amide bonds. The minimum atomic E-state index is -0.409. The lowest BCUT2D eigenvalue weighted by atomic mass is 10.1. The largest absolute Gasteiger partial charge is 0.465 e. The molecule has 0 radical (unpaired) electrons. The third-order valence-corrected chi connectivity index (χ3v) is 5.69. The van der Waals surface area contributed by atoms with Crippen molar-refractivity contribution in [2.75, 3.05) is 7.11 Å². The maximum atomic E-state index is 12.7. The lowest BCUT2D eigenvalue weighted by molar-refractivity contribution is -0.123. The van der Waals surface area contributed by atoms with E-state index in [1.165, 1.54) is 12.0 Å². The maximum absolute atomic E-state index is 12.7. The average molecular weight is 433 g/mol. The topological polar surface area (TPSA) is 76.8 Å². The van der Waals surface area contributed by atoms with Crippen LogP contribution in [0.5, 0.6) is 0 Å². The van der Waals surface area contributed by atoms with Crippen LogP contribution >= 0.6 is 11.8 Å². The highest BCUT2D eigenvalue weighted by Crippen LogP contribution is 2.34. The summed E-state index contributed by atoms with van der Waals surface area (Å²) >= 11 is 0.900. The number of aryl methyl sites for hydroxylation is 1. The fourth-order valence-electron chi connectivity index (χ4n) is 3.23. The first-order valence-electron chi connectivity index (χ1n) is 9.54. The summed E-state index contributed by atoms with van der Waals surface area (Å²) in [5, 5.41) is -0.303. The SMILES string of the molecule is COC(=O)c1ccc(-c2ccc(/C=C3/SC(=O)N(Cc4cccc(C)c4)C3=O)o2)cc1. The van der Waals surface area contributed by atoms with E-state index in [2.05, 4.69) is 0 Å². The highest BCUT2D eigenvalue weighted by atomic mass is 32.2. The van der Waals surface area contributed by atoms with Crippen LogP contribution < -0.4 is 0 Å². The summed E-state index contributed by atoms with van der Waals surface area (Å²) in [5.41, 5.74) is 3.20. The average Bonchev–Trinajstić information content (AvgIpc) is 3.34. The summed E-state index contributed by atoms with van der Waals surface area (Å²) in [5.74, 6) is 0.305. The number of hydrogen-bond donors (Lipinski definition) is 0. The fourth-order valence-corrected chi connectivity index (χ4v) is 4.05. The van der Waals surface area contributed by atoms with Crippen molar-refractivity contribution in [1.82, 2.24) is 4.90 Å². The van der Waals surface area contributed by atoms with Crippen LogP contribution in [-0.4, -0.2) is 29.1 Å². The molecule has 2 aromatic carbocycles. The predicted molar refractivity (Wildman–Crippen MR) is 118 cm³/mol. The van der Waals surface area contributed by atoms with Gasteiger partial charge in [0.2, 0.25) is 0 Å². The second kappa shape index (κ2) is 8.65. The van der Waals surface area contributed by atoms with Gasteiger partial charge in [0.25, 0.3) is 11.1 Å². The Morgan fingerprint density at radius 1 is 1.10 bits per heavy atom. The number of methoxy groups -OCH3 is 1. The molecule has 2 heterocycles. The van der Waals surface area contributed by atoms with Gasteiger partial charge in [0.15, 0.2) is 0 Å². The minimum Gasteiger partial charge on any atom is -0.465 e. The first kappa shape index (κ1) is 20.7. The molecule has 0 N–H and O–H groups in total. The summed E-state index contributed by atoms with van der Waals surface area (Å²) in [4.78, 5) is 38.2. The van der Waals surface area contributed by atoms with Crippen molar-refractivity contribution in [2.45, 2.75) is 13.5 Å². The molecule has 3 aromatic rings. The quantitative estimate of drug-likeness (QED) is 0.403. The summed E-state index contributed by atoms with van der Waals surface area (Å²) in [7, 11) is 1.33. The molecule has 1 aliphatic heterocycles. The molecule has 4 rings (SSSR count). The van der Waals surface area contributed by atoms with E-state index in [4.69, 9.17) is 9.15 Å². The van der Waals surface area contributed by atoms with E-state index < -0.39 is 5.97 Å². The highest BCUT2D eigenvalue weighted by molar-refractivity contribution is 8.18. The van der Waals surface area contributed by atoms with Crippen molar-refractivity contribution in [2.24, 2.45) is 0 Å². The first-order valence-corrected chi connectivity index (χ1v) is 10.4. The Hall–Kier alpha value is -3.58. The number of thioether (sulfide) groups is 1. The molecule has 31 heavy (non-hydrogen) atoms. The van der Waals surface area contributed by atoms with Crippen molar-refractivity contribution >= 4 is 35.0 Å². The summed E-state index contributed by atoms with van der Waals surface area (Å²) < 4.78 is 10.5. The smallest absolute Gasteiger partial charge is 0.337 e. The third-order valence-electron chi connectivity index (χ3n) is 4.79. The van der Waals surface area contributed by atoms with Crippen LogP contribution in [0.1, 0.15) is 27.2 Å². The lowest BCUT2D eigenvalue weighted by Crippen LogP contribution is -2.27. The fraction of sp³-hybridized carbons (Fsp3) is 0.125. The molecule has 0 bridgehead atoms. The van der Waals surface area contributed by atoms with Crippen LogP contribution in [0, 0.1) is 6.92 Å². The summed E-state index contributed by atoms with van der Waals surface area (Å²) in [6, 6.07) is 18.0. The first-order chi connectivity index (χ1) is 14.9. The molecular weight excluding hydrogens is 414 g/mol. The van der Waals surface area contributed by atoms with Gasteiger partial charge in [-0.15, -0.1) is 0 Å². The molecule has 0 saturated carbocycles. The number of furan rings is 1. The number of hydrogen-bond acceptors (Lipinski definition) is 6. The zero-order chi connectivity index (χ0) is 22.0. The molecule has 0 atom stereocenters. The second-order valence-electron chi connectivity index (χ2n) is 7.03. The number of ether oxygens (including phenoxy) is 1. The van der Waals surface area contributed by atoms with Gasteiger partial charge in [-0.3, -0.25) is 14.5 Å². The molecular formula is C24H19NO5S. The van der Waals surface area contributed by atoms with Gasteiger partial charge in [-0.1, -0.05) is 42.0 Å². The molecule has 1 aliphatic rings. The molecule has 0 unspecified atom stereocenters. The Bertz CT molecular complexity index is 1190. The maximum Gasteiger partial charge on any atom is 0.337 e. The van der Waals surface area contributed by atoms with E-state index in [1.807, 2.05) is 31.2 Å². The van der Waals surface area contributed by atoms with Gasteiger partial charge < -0.3 is 9.15 Å². The van der Waals surface area contributed by atoms with Crippen LogP contribution in [0.3, 0.4) is 0 Å². The number of esters is 1. The Morgan fingerprint density at radius 3 is 2.58 bits per heavy atom. The van der Waals surface area contributed by atoms with Crippen LogP contribution in [0.4, 0.5) is 4.79 Å². The van der Waals surface area contributed by atoms with Gasteiger partial charge in [-0.2, -0.15) is 0 Å². The van der Waals surface area contributed by atoms with Crippen LogP contribution in [0.15, 0.2) is 70.0 Å². The van der Waals surface area contributed by atoms with Gasteiger partial charge in [-0.25, -0.2) is 4.79 Å². The molecule has 6 nitrogen and oxygen atoms in total. The van der Waals surface area contributed by atoms with E-state index in [0.29, 0.717) is 22.0 Å². The van der Waals surface area contributed by atoms with Crippen LogP contribution in [0.2, 0.25) is 0 Å². The number of amides is 2. The Labute approximate surface area is 183 Å². The van der Waals surface area contributed by atoms with Gasteiger partial charge in [0, 0.05) is 11.6 Å². The number of rotatable bonds is 5. The number of carbonyl (C=O) groups is 3. The number of nitrogens with zero attached hydrogens (tertiary/aromatic N) is 1. The van der Waals surface area contributed by atoms with Crippen molar-refractivity contribution < 1.29 is 23.5 Å². The molecule has 7 heteroatoms. The second-order valence-corrected chi connectivity index (χ2v) is 8.02. The molecule has 156 valence electrons. The van der Waals surface area contributed by atoms with Gasteiger partial charge in [0.1, 0.15) is 11.5 Å². The highest BCUT2D eigenvalue weighted by Gasteiger charge is 2.35. The van der Waals surface area contributed by atoms with Gasteiger partial charge in [-0.05, 0) is 48.5 Å². The summed E-state index contributed by atoms with van der Waals surface area (Å²) in [6.45, 7) is 2.20. The standard InChI is InChI=1S/C24H19NO5S/c1-15-4-3-5-16(12-15)14-25-22(26)21(31-24(25)28)13-19-10-11-20(30-19)17-6-8-18(9-7-17)23(27)29-2/h3-13H,14H2,1-2H3/b21-13+. The van der Waals surface area contributed by atoms with E-state index in [1.54, 1.807) is 42.5 Å².